The van der Waals surface area contributed by atoms with E-state index in [0.29, 0.717) is 5.75 Å². The molecule has 0 unspecified atom stereocenters. The van der Waals surface area contributed by atoms with Crippen LogP contribution >= 0.6 is 11.8 Å². The van der Waals surface area contributed by atoms with Gasteiger partial charge >= 0.3 is 0 Å². The zero-order chi connectivity index (χ0) is 14.2. The van der Waals surface area contributed by atoms with Crippen molar-refractivity contribution < 1.29 is 9.53 Å². The lowest BCUT2D eigenvalue weighted by Crippen LogP contribution is -2.14. The Bertz CT molecular complexity index is 557. The van der Waals surface area contributed by atoms with Crippen molar-refractivity contribution >= 4 is 23.4 Å². The Kier molecular flexibility index (Phi) is 5.50. The van der Waals surface area contributed by atoms with Crippen LogP contribution in [0.15, 0.2) is 54.6 Å². The molecule has 0 saturated carbocycles. The molecule has 2 aromatic carbocycles. The number of carbonyl (C=O) groups is 1. The van der Waals surface area contributed by atoms with Crippen LogP contribution in [-0.4, -0.2) is 18.8 Å². The summed E-state index contributed by atoms with van der Waals surface area (Å²) >= 11 is 1.60. The summed E-state index contributed by atoms with van der Waals surface area (Å²) in [5.74, 6) is 2.01. The van der Waals surface area contributed by atoms with Crippen molar-refractivity contribution in [1.82, 2.24) is 0 Å². The number of nitrogens with one attached hydrogen (secondary N) is 1. The molecule has 2 rings (SSSR count). The lowest BCUT2D eigenvalue weighted by molar-refractivity contribution is -0.113. The highest BCUT2D eigenvalue weighted by molar-refractivity contribution is 7.99. The summed E-state index contributed by atoms with van der Waals surface area (Å²) in [4.78, 5) is 11.8. The van der Waals surface area contributed by atoms with Gasteiger partial charge in [0.05, 0.1) is 12.9 Å². The molecule has 0 aromatic heterocycles. The van der Waals surface area contributed by atoms with Crippen LogP contribution in [-0.2, 0) is 10.5 Å². The maximum atomic E-state index is 11.8. The van der Waals surface area contributed by atoms with Crippen LogP contribution in [0.5, 0.6) is 5.75 Å². The highest BCUT2D eigenvalue weighted by Gasteiger charge is 2.03. The lowest BCUT2D eigenvalue weighted by atomic mass is 10.2. The van der Waals surface area contributed by atoms with E-state index in [1.807, 2.05) is 36.4 Å². The zero-order valence-corrected chi connectivity index (χ0v) is 12.2. The Balaban J connectivity index is 1.77. The van der Waals surface area contributed by atoms with Crippen LogP contribution in [0.4, 0.5) is 5.69 Å². The maximum absolute atomic E-state index is 11.8. The average Bonchev–Trinajstić information content (AvgIpc) is 2.48. The first-order valence-electron chi connectivity index (χ1n) is 6.33. The second kappa shape index (κ2) is 7.60. The number of thioether (sulfide) groups is 1. The summed E-state index contributed by atoms with van der Waals surface area (Å²) in [5.41, 5.74) is 1.99. The fourth-order valence-electron chi connectivity index (χ4n) is 1.73. The second-order valence-corrected chi connectivity index (χ2v) is 5.24. The molecular formula is C16H17NO2S. The number of anilines is 1. The number of ether oxygens (including phenoxy) is 1. The van der Waals surface area contributed by atoms with Gasteiger partial charge in [-0.2, -0.15) is 0 Å². The first-order chi connectivity index (χ1) is 9.78. The summed E-state index contributed by atoms with van der Waals surface area (Å²) in [5, 5.41) is 2.86. The van der Waals surface area contributed by atoms with Gasteiger partial charge in [0, 0.05) is 17.5 Å². The van der Waals surface area contributed by atoms with E-state index in [1.54, 1.807) is 24.9 Å². The maximum Gasteiger partial charge on any atom is 0.234 e. The molecule has 4 heteroatoms. The van der Waals surface area contributed by atoms with Crippen LogP contribution in [0.25, 0.3) is 0 Å². The SMILES string of the molecule is COc1cccc(NC(=O)CSCc2ccccc2)c1. The van der Waals surface area contributed by atoms with Crippen LogP contribution in [0.3, 0.4) is 0 Å². The normalized spacial score (nSPS) is 10.1. The minimum Gasteiger partial charge on any atom is -0.497 e. The molecule has 0 radical (unpaired) electrons. The Morgan fingerprint density at radius 1 is 1.15 bits per heavy atom. The Morgan fingerprint density at radius 3 is 2.70 bits per heavy atom. The number of hydrogen-bond acceptors (Lipinski definition) is 3. The molecule has 0 aliphatic heterocycles. The van der Waals surface area contributed by atoms with E-state index in [1.165, 1.54) is 5.56 Å². The quantitative estimate of drug-likeness (QED) is 0.882. The molecule has 0 heterocycles. The summed E-state index contributed by atoms with van der Waals surface area (Å²) in [6.45, 7) is 0. The molecule has 0 fully saturated rings. The monoisotopic (exact) mass is 287 g/mol. The van der Waals surface area contributed by atoms with Crippen molar-refractivity contribution in [3.8, 4) is 5.75 Å². The fourth-order valence-corrected chi connectivity index (χ4v) is 2.52. The summed E-state index contributed by atoms with van der Waals surface area (Å²) in [7, 11) is 1.61. The van der Waals surface area contributed by atoms with E-state index < -0.39 is 0 Å². The Hall–Kier alpha value is -1.94. The smallest absolute Gasteiger partial charge is 0.234 e. The third kappa shape index (κ3) is 4.63. The number of carbonyl (C=O) groups excluding carboxylic acids is 1. The van der Waals surface area contributed by atoms with Gasteiger partial charge in [-0.05, 0) is 17.7 Å². The summed E-state index contributed by atoms with van der Waals surface area (Å²) in [6, 6.07) is 17.5. The van der Waals surface area contributed by atoms with Crippen molar-refractivity contribution in [1.29, 1.82) is 0 Å². The zero-order valence-electron chi connectivity index (χ0n) is 11.3. The number of rotatable bonds is 6. The highest BCUT2D eigenvalue weighted by Crippen LogP contribution is 2.17. The number of amides is 1. The third-order valence-electron chi connectivity index (χ3n) is 2.70. The van der Waals surface area contributed by atoms with Gasteiger partial charge < -0.3 is 10.1 Å². The van der Waals surface area contributed by atoms with Crippen molar-refractivity contribution in [2.45, 2.75) is 5.75 Å². The molecule has 104 valence electrons. The van der Waals surface area contributed by atoms with E-state index in [9.17, 15) is 4.79 Å². The van der Waals surface area contributed by atoms with E-state index in [0.717, 1.165) is 17.2 Å². The number of methoxy groups -OCH3 is 1. The Labute approximate surface area is 123 Å². The molecule has 0 atom stereocenters. The molecule has 0 aliphatic rings. The van der Waals surface area contributed by atoms with Gasteiger partial charge in [0.1, 0.15) is 5.75 Å². The van der Waals surface area contributed by atoms with Crippen LogP contribution in [0.1, 0.15) is 5.56 Å². The molecule has 3 nitrogen and oxygen atoms in total. The van der Waals surface area contributed by atoms with Gasteiger partial charge in [0.2, 0.25) is 5.91 Å². The summed E-state index contributed by atoms with van der Waals surface area (Å²) < 4.78 is 5.12. The minimum atomic E-state index is -0.000755. The van der Waals surface area contributed by atoms with Crippen LogP contribution in [0, 0.1) is 0 Å². The van der Waals surface area contributed by atoms with E-state index in [4.69, 9.17) is 4.74 Å². The standard InChI is InChI=1S/C16H17NO2S/c1-19-15-9-5-8-14(10-15)17-16(18)12-20-11-13-6-3-2-4-7-13/h2-10H,11-12H2,1H3,(H,17,18). The molecule has 0 saturated heterocycles. The predicted octanol–water partition coefficient (Wildman–Crippen LogP) is 3.57. The van der Waals surface area contributed by atoms with Crippen molar-refractivity contribution in [3.63, 3.8) is 0 Å². The highest BCUT2D eigenvalue weighted by atomic mass is 32.2. The van der Waals surface area contributed by atoms with Gasteiger partial charge in [-0.3, -0.25) is 4.79 Å². The van der Waals surface area contributed by atoms with Crippen molar-refractivity contribution in [2.75, 3.05) is 18.2 Å². The predicted molar refractivity (Wildman–Crippen MR) is 84.2 cm³/mol. The molecule has 0 aliphatic carbocycles. The van der Waals surface area contributed by atoms with Gasteiger partial charge in [-0.25, -0.2) is 0 Å². The van der Waals surface area contributed by atoms with E-state index >= 15 is 0 Å². The largest absolute Gasteiger partial charge is 0.497 e. The third-order valence-corrected chi connectivity index (χ3v) is 3.70. The molecular weight excluding hydrogens is 270 g/mol. The second-order valence-electron chi connectivity index (χ2n) is 4.26. The Morgan fingerprint density at radius 2 is 1.95 bits per heavy atom. The van der Waals surface area contributed by atoms with Gasteiger partial charge in [0.15, 0.2) is 0 Å². The topological polar surface area (TPSA) is 38.3 Å². The van der Waals surface area contributed by atoms with Gasteiger partial charge in [-0.15, -0.1) is 11.8 Å². The van der Waals surface area contributed by atoms with Crippen LogP contribution in [0.2, 0.25) is 0 Å². The average molecular weight is 287 g/mol. The molecule has 0 bridgehead atoms. The number of hydrogen-bond donors (Lipinski definition) is 1. The van der Waals surface area contributed by atoms with Crippen molar-refractivity contribution in [3.05, 3.63) is 60.2 Å². The van der Waals surface area contributed by atoms with E-state index in [2.05, 4.69) is 17.4 Å². The first kappa shape index (κ1) is 14.5. The summed E-state index contributed by atoms with van der Waals surface area (Å²) in [6.07, 6.45) is 0. The van der Waals surface area contributed by atoms with Crippen LogP contribution < -0.4 is 10.1 Å². The molecule has 2 aromatic rings. The van der Waals surface area contributed by atoms with Crippen molar-refractivity contribution in [2.24, 2.45) is 0 Å². The molecule has 1 N–H and O–H groups in total. The lowest BCUT2D eigenvalue weighted by Gasteiger charge is -2.07. The molecule has 0 spiro atoms. The fraction of sp³-hybridized carbons (Fsp3) is 0.188. The van der Waals surface area contributed by atoms with Gasteiger partial charge in [0.25, 0.3) is 0 Å². The molecule has 1 amide bonds. The number of benzene rings is 2. The molecule has 20 heavy (non-hydrogen) atoms. The first-order valence-corrected chi connectivity index (χ1v) is 7.49. The minimum absolute atomic E-state index is 0.000755. The van der Waals surface area contributed by atoms with Gasteiger partial charge in [-0.1, -0.05) is 36.4 Å². The van der Waals surface area contributed by atoms with E-state index in [-0.39, 0.29) is 5.91 Å².